The van der Waals surface area contributed by atoms with Crippen LogP contribution in [-0.4, -0.2) is 33.6 Å². The number of amides is 1. The summed E-state index contributed by atoms with van der Waals surface area (Å²) < 4.78 is 11.8. The van der Waals surface area contributed by atoms with Crippen LogP contribution in [0.25, 0.3) is 6.08 Å². The Morgan fingerprint density at radius 2 is 1.92 bits per heavy atom. The summed E-state index contributed by atoms with van der Waals surface area (Å²) in [5.41, 5.74) is 1.67. The number of aliphatic imine (C=N–C) groups is 1. The quantitative estimate of drug-likeness (QED) is 0.365. The van der Waals surface area contributed by atoms with Gasteiger partial charge in [-0.3, -0.25) is 10.2 Å². The van der Waals surface area contributed by atoms with E-state index in [9.17, 15) is 4.79 Å². The van der Waals surface area contributed by atoms with Gasteiger partial charge >= 0.3 is 0 Å². The number of hydrazone groups is 1. The summed E-state index contributed by atoms with van der Waals surface area (Å²) in [5.74, 6) is 1.03. The maximum Gasteiger partial charge on any atom is 0.283 e. The number of nitrogens with one attached hydrogen (secondary N) is 1. The molecule has 1 saturated carbocycles. The Kier molecular flexibility index (Phi) is 7.88. The third-order valence-corrected chi connectivity index (χ3v) is 8.06. The monoisotopic (exact) mass is 556 g/mol. The zero-order valence-electron chi connectivity index (χ0n) is 20.3. The van der Waals surface area contributed by atoms with Crippen molar-refractivity contribution in [2.24, 2.45) is 16.0 Å². The second-order valence-corrected chi connectivity index (χ2v) is 10.8. The van der Waals surface area contributed by atoms with Gasteiger partial charge in [-0.05, 0) is 67.4 Å². The highest BCUT2D eigenvalue weighted by Gasteiger charge is 2.38. The highest BCUT2D eigenvalue weighted by molar-refractivity contribution is 8.27. The summed E-state index contributed by atoms with van der Waals surface area (Å²) in [5, 5.41) is 17.3. The van der Waals surface area contributed by atoms with Crippen LogP contribution in [0.1, 0.15) is 50.2 Å². The number of amidine groups is 2. The summed E-state index contributed by atoms with van der Waals surface area (Å²) in [7, 11) is 0. The van der Waals surface area contributed by atoms with E-state index in [1.165, 1.54) is 36.0 Å². The number of hydrogen-bond donors (Lipinski definition) is 1. The minimum atomic E-state index is -0.445. The number of rotatable bonds is 7. The Balaban J connectivity index is 1.36. The molecule has 0 radical (unpaired) electrons. The normalized spacial score (nSPS) is 19.1. The van der Waals surface area contributed by atoms with Crippen LogP contribution >= 0.6 is 35.0 Å². The van der Waals surface area contributed by atoms with Crippen LogP contribution in [0.4, 0.5) is 0 Å². The van der Waals surface area contributed by atoms with Crippen LogP contribution in [0.5, 0.6) is 11.5 Å². The predicted octanol–water partition coefficient (Wildman–Crippen LogP) is 7.17. The van der Waals surface area contributed by atoms with Crippen LogP contribution in [0.3, 0.4) is 0 Å². The molecule has 3 aliphatic rings. The number of benzene rings is 2. The second kappa shape index (κ2) is 11.3. The molecule has 2 heterocycles. The van der Waals surface area contributed by atoms with E-state index in [-0.39, 0.29) is 18.0 Å². The number of ether oxygens (including phenoxy) is 2. The fourth-order valence-electron chi connectivity index (χ4n) is 4.48. The lowest BCUT2D eigenvalue weighted by Crippen LogP contribution is -2.35. The van der Waals surface area contributed by atoms with E-state index in [4.69, 9.17) is 38.1 Å². The molecule has 0 spiro atoms. The first kappa shape index (κ1) is 25.8. The summed E-state index contributed by atoms with van der Waals surface area (Å²) in [6.45, 7) is 2.56. The first-order valence-electron chi connectivity index (χ1n) is 12.3. The van der Waals surface area contributed by atoms with Gasteiger partial charge in [0.15, 0.2) is 17.3 Å². The number of halogens is 2. The van der Waals surface area contributed by atoms with Gasteiger partial charge in [0.05, 0.1) is 12.2 Å². The number of nitrogens with zero attached hydrogens (tertiary/aromatic N) is 3. The number of carbonyl (C=O) groups is 1. The molecule has 2 aromatic carbocycles. The van der Waals surface area contributed by atoms with Crippen molar-refractivity contribution in [2.75, 3.05) is 6.61 Å². The largest absolute Gasteiger partial charge is 0.490 e. The van der Waals surface area contributed by atoms with Crippen LogP contribution in [0.15, 0.2) is 52.1 Å². The molecule has 1 amide bonds. The molecule has 2 aliphatic heterocycles. The summed E-state index contributed by atoms with van der Waals surface area (Å²) in [6, 6.07) is 10.6. The van der Waals surface area contributed by atoms with Gasteiger partial charge in [0.25, 0.3) is 5.91 Å². The average molecular weight is 558 g/mol. The summed E-state index contributed by atoms with van der Waals surface area (Å²) in [4.78, 5) is 17.1. The molecule has 192 valence electrons. The summed E-state index contributed by atoms with van der Waals surface area (Å²) >= 11 is 13.7. The van der Waals surface area contributed by atoms with Crippen LogP contribution < -0.4 is 9.47 Å². The number of fused-ring (bicyclic) bond motifs is 1. The molecule has 5 rings (SSSR count). The van der Waals surface area contributed by atoms with Crippen molar-refractivity contribution in [1.29, 1.82) is 5.41 Å². The first-order chi connectivity index (χ1) is 17.9. The Hall–Kier alpha value is -2.81. The van der Waals surface area contributed by atoms with E-state index in [1.807, 2.05) is 19.1 Å². The minimum absolute atomic E-state index is 0.0315. The maximum atomic E-state index is 12.9. The molecule has 2 aromatic rings. The van der Waals surface area contributed by atoms with E-state index >= 15 is 0 Å². The summed E-state index contributed by atoms with van der Waals surface area (Å²) in [6.07, 6.45) is 7.46. The van der Waals surface area contributed by atoms with Crippen LogP contribution in [0, 0.1) is 11.3 Å². The number of carbonyl (C=O) groups excluding carboxylic acids is 1. The van der Waals surface area contributed by atoms with E-state index in [0.717, 1.165) is 23.4 Å². The Morgan fingerprint density at radius 1 is 1.11 bits per heavy atom. The van der Waals surface area contributed by atoms with Crippen molar-refractivity contribution in [2.45, 2.75) is 45.6 Å². The molecule has 0 unspecified atom stereocenters. The van der Waals surface area contributed by atoms with Gasteiger partial charge in [0, 0.05) is 21.5 Å². The molecule has 0 aromatic heterocycles. The van der Waals surface area contributed by atoms with E-state index < -0.39 is 5.91 Å². The van der Waals surface area contributed by atoms with Crippen molar-refractivity contribution in [3.63, 3.8) is 0 Å². The SMILES string of the molecule is CCOc1cc(/C=C2/C(=N)N3N=C(C4CCCCC4)SC3=NC2=O)ccc1OCc1ccc(Cl)cc1Cl. The Morgan fingerprint density at radius 3 is 2.68 bits per heavy atom. The van der Waals surface area contributed by atoms with E-state index in [1.54, 1.807) is 30.3 Å². The highest BCUT2D eigenvalue weighted by Crippen LogP contribution is 2.37. The van der Waals surface area contributed by atoms with Gasteiger partial charge < -0.3 is 9.47 Å². The van der Waals surface area contributed by atoms with Crippen molar-refractivity contribution in [1.82, 2.24) is 5.01 Å². The topological polar surface area (TPSA) is 87.3 Å². The number of thioether (sulfide) groups is 1. The molecule has 7 nitrogen and oxygen atoms in total. The lowest BCUT2D eigenvalue weighted by atomic mass is 9.90. The molecule has 10 heteroatoms. The zero-order chi connectivity index (χ0) is 25.9. The van der Waals surface area contributed by atoms with Gasteiger partial charge in [-0.2, -0.15) is 15.1 Å². The van der Waals surface area contributed by atoms with Gasteiger partial charge in [0.1, 0.15) is 11.7 Å². The van der Waals surface area contributed by atoms with Crippen molar-refractivity contribution >= 4 is 63.0 Å². The van der Waals surface area contributed by atoms with Crippen LogP contribution in [-0.2, 0) is 11.4 Å². The van der Waals surface area contributed by atoms with Gasteiger partial charge in [-0.15, -0.1) is 0 Å². The fraction of sp³-hybridized carbons (Fsp3) is 0.333. The fourth-order valence-corrected chi connectivity index (χ4v) is 6.01. The van der Waals surface area contributed by atoms with Crippen molar-refractivity contribution < 1.29 is 14.3 Å². The van der Waals surface area contributed by atoms with E-state index in [0.29, 0.717) is 44.8 Å². The molecule has 1 N–H and O–H groups in total. The van der Waals surface area contributed by atoms with Crippen molar-refractivity contribution in [3.8, 4) is 11.5 Å². The Labute approximate surface area is 230 Å². The van der Waals surface area contributed by atoms with E-state index in [2.05, 4.69) is 10.1 Å². The predicted molar refractivity (Wildman–Crippen MR) is 150 cm³/mol. The molecule has 37 heavy (non-hydrogen) atoms. The molecule has 0 bridgehead atoms. The lowest BCUT2D eigenvalue weighted by Gasteiger charge is -2.20. The zero-order valence-corrected chi connectivity index (χ0v) is 22.6. The minimum Gasteiger partial charge on any atom is -0.490 e. The van der Waals surface area contributed by atoms with Gasteiger partial charge in [-0.1, -0.05) is 54.6 Å². The number of hydrogen-bond acceptors (Lipinski definition) is 6. The maximum absolute atomic E-state index is 12.9. The van der Waals surface area contributed by atoms with Gasteiger partial charge in [-0.25, -0.2) is 0 Å². The molecule has 0 atom stereocenters. The molecular formula is C27H26Cl2N4O3S. The third kappa shape index (κ3) is 5.71. The molecule has 1 fully saturated rings. The molecule has 1 aliphatic carbocycles. The third-order valence-electron chi connectivity index (χ3n) is 6.40. The van der Waals surface area contributed by atoms with Crippen LogP contribution in [0.2, 0.25) is 10.0 Å². The van der Waals surface area contributed by atoms with Gasteiger partial charge in [0.2, 0.25) is 5.17 Å². The molecule has 0 saturated heterocycles. The highest BCUT2D eigenvalue weighted by atomic mass is 35.5. The smallest absolute Gasteiger partial charge is 0.283 e. The Bertz CT molecular complexity index is 1330. The standard InChI is InChI=1S/C27H26Cl2N4O3S/c1-2-35-23-13-16(8-11-22(23)36-15-18-9-10-19(28)14-21(18)29)12-20-24(30)33-27(31-25(20)34)37-26(32-33)17-6-4-3-5-7-17/h8-14,17,30H,2-7,15H2,1H3/b20-12-,30-24?. The molecular weight excluding hydrogens is 531 g/mol. The lowest BCUT2D eigenvalue weighted by molar-refractivity contribution is -0.114. The average Bonchev–Trinajstić information content (AvgIpc) is 3.32. The van der Waals surface area contributed by atoms with Crippen molar-refractivity contribution in [3.05, 3.63) is 63.1 Å². The first-order valence-corrected chi connectivity index (χ1v) is 13.8. The second-order valence-electron chi connectivity index (χ2n) is 8.96.